The first-order valence-electron chi connectivity index (χ1n) is 10.1. The Labute approximate surface area is 172 Å². The van der Waals surface area contributed by atoms with E-state index in [0.29, 0.717) is 24.5 Å². The maximum absolute atomic E-state index is 12.9. The van der Waals surface area contributed by atoms with Gasteiger partial charge in [0.2, 0.25) is 0 Å². The maximum Gasteiger partial charge on any atom is 0.287 e. The molecule has 154 valence electrons. The molecule has 0 spiro atoms. The van der Waals surface area contributed by atoms with Crippen LogP contribution in [0.3, 0.4) is 0 Å². The number of furan rings is 1. The number of benzene rings is 2. The molecule has 1 amide bonds. The monoisotopic (exact) mass is 394 g/mol. The van der Waals surface area contributed by atoms with Crippen LogP contribution >= 0.6 is 0 Å². The number of para-hydroxylation sites is 1. The lowest BCUT2D eigenvalue weighted by molar-refractivity contribution is 0.0643. The maximum atomic E-state index is 12.9. The standard InChI is InChI=1S/C24H30N2O3/c1-17(2)28-16-21-20-12-8-9-13-22(20)29-23(21)24(27)25-14-18(3)26(4)15-19-10-6-5-7-11-19/h5-13,17-18H,14-16H2,1-4H3,(H,25,27). The number of nitrogens with zero attached hydrogens (tertiary/aromatic N) is 1. The van der Waals surface area contributed by atoms with Crippen molar-refractivity contribution < 1.29 is 13.9 Å². The third-order valence-electron chi connectivity index (χ3n) is 5.05. The number of amides is 1. The normalized spacial score (nSPS) is 12.6. The summed E-state index contributed by atoms with van der Waals surface area (Å²) < 4.78 is 11.6. The predicted octanol–water partition coefficient (Wildman–Crippen LogP) is 4.61. The zero-order chi connectivity index (χ0) is 20.8. The molecule has 0 aliphatic carbocycles. The number of carbonyl (C=O) groups excluding carboxylic acids is 1. The zero-order valence-corrected chi connectivity index (χ0v) is 17.6. The Morgan fingerprint density at radius 3 is 2.48 bits per heavy atom. The van der Waals surface area contributed by atoms with E-state index >= 15 is 0 Å². The van der Waals surface area contributed by atoms with Crippen LogP contribution in [-0.4, -0.2) is 36.5 Å². The smallest absolute Gasteiger partial charge is 0.287 e. The highest BCUT2D eigenvalue weighted by Crippen LogP contribution is 2.27. The Bertz CT molecular complexity index is 934. The summed E-state index contributed by atoms with van der Waals surface area (Å²) in [6, 6.07) is 18.2. The average Bonchev–Trinajstić information content (AvgIpc) is 3.09. The fourth-order valence-corrected chi connectivity index (χ4v) is 3.18. The molecule has 0 bridgehead atoms. The second-order valence-corrected chi connectivity index (χ2v) is 7.73. The molecule has 0 fully saturated rings. The van der Waals surface area contributed by atoms with Gasteiger partial charge in [-0.25, -0.2) is 0 Å². The number of carbonyl (C=O) groups is 1. The molecule has 1 N–H and O–H groups in total. The minimum absolute atomic E-state index is 0.0752. The SMILES string of the molecule is CC(C)OCc1c(C(=O)NCC(C)N(C)Cc2ccccc2)oc2ccccc12. The molecule has 5 heteroatoms. The Kier molecular flexibility index (Phi) is 7.07. The molecule has 3 aromatic rings. The molecule has 2 aromatic carbocycles. The summed E-state index contributed by atoms with van der Waals surface area (Å²) in [5.41, 5.74) is 2.75. The van der Waals surface area contributed by atoms with Gasteiger partial charge in [-0.05, 0) is 39.4 Å². The van der Waals surface area contributed by atoms with E-state index < -0.39 is 0 Å². The van der Waals surface area contributed by atoms with Gasteiger partial charge in [0.05, 0.1) is 12.7 Å². The third kappa shape index (κ3) is 5.46. The third-order valence-corrected chi connectivity index (χ3v) is 5.05. The van der Waals surface area contributed by atoms with Crippen molar-refractivity contribution in [3.63, 3.8) is 0 Å². The van der Waals surface area contributed by atoms with E-state index in [1.807, 2.05) is 56.3 Å². The van der Waals surface area contributed by atoms with Crippen molar-refractivity contribution in [1.82, 2.24) is 10.2 Å². The highest BCUT2D eigenvalue weighted by molar-refractivity contribution is 5.99. The fraction of sp³-hybridized carbons (Fsp3) is 0.375. The Balaban J connectivity index is 1.66. The van der Waals surface area contributed by atoms with E-state index in [0.717, 1.165) is 17.5 Å². The van der Waals surface area contributed by atoms with E-state index in [1.165, 1.54) is 5.56 Å². The van der Waals surface area contributed by atoms with Gasteiger partial charge in [-0.1, -0.05) is 48.5 Å². The summed E-state index contributed by atoms with van der Waals surface area (Å²) in [4.78, 5) is 15.1. The van der Waals surface area contributed by atoms with Gasteiger partial charge in [-0.3, -0.25) is 9.69 Å². The zero-order valence-electron chi connectivity index (χ0n) is 17.6. The molecular formula is C24H30N2O3. The topological polar surface area (TPSA) is 54.7 Å². The Morgan fingerprint density at radius 2 is 1.76 bits per heavy atom. The van der Waals surface area contributed by atoms with Gasteiger partial charge < -0.3 is 14.5 Å². The minimum atomic E-state index is -0.205. The molecule has 3 rings (SSSR count). The van der Waals surface area contributed by atoms with Crippen LogP contribution in [0.15, 0.2) is 59.0 Å². The second kappa shape index (κ2) is 9.72. The molecule has 0 saturated carbocycles. The van der Waals surface area contributed by atoms with Gasteiger partial charge in [0.15, 0.2) is 5.76 Å². The minimum Gasteiger partial charge on any atom is -0.451 e. The van der Waals surface area contributed by atoms with Crippen LogP contribution in [0.1, 0.15) is 42.5 Å². The van der Waals surface area contributed by atoms with Gasteiger partial charge in [0, 0.05) is 30.1 Å². The summed E-state index contributed by atoms with van der Waals surface area (Å²) in [6.07, 6.45) is 0.0752. The fourth-order valence-electron chi connectivity index (χ4n) is 3.18. The average molecular weight is 395 g/mol. The summed E-state index contributed by atoms with van der Waals surface area (Å²) in [6.45, 7) is 7.77. The number of nitrogens with one attached hydrogen (secondary N) is 1. The van der Waals surface area contributed by atoms with Crippen LogP contribution in [-0.2, 0) is 17.9 Å². The van der Waals surface area contributed by atoms with E-state index in [9.17, 15) is 4.79 Å². The first-order valence-corrected chi connectivity index (χ1v) is 10.1. The van der Waals surface area contributed by atoms with Crippen molar-refractivity contribution in [2.75, 3.05) is 13.6 Å². The first-order chi connectivity index (χ1) is 14.0. The Morgan fingerprint density at radius 1 is 1.07 bits per heavy atom. The van der Waals surface area contributed by atoms with Crippen LogP contribution in [0.5, 0.6) is 0 Å². The molecule has 1 heterocycles. The van der Waals surface area contributed by atoms with Gasteiger partial charge in [-0.15, -0.1) is 0 Å². The van der Waals surface area contributed by atoms with Crippen molar-refractivity contribution >= 4 is 16.9 Å². The van der Waals surface area contributed by atoms with Crippen LogP contribution in [0, 0.1) is 0 Å². The number of hydrogen-bond donors (Lipinski definition) is 1. The van der Waals surface area contributed by atoms with E-state index in [4.69, 9.17) is 9.15 Å². The second-order valence-electron chi connectivity index (χ2n) is 7.73. The molecule has 1 atom stereocenters. The lowest BCUT2D eigenvalue weighted by Gasteiger charge is -2.25. The van der Waals surface area contributed by atoms with Gasteiger partial charge in [0.1, 0.15) is 5.58 Å². The number of hydrogen-bond acceptors (Lipinski definition) is 4. The highest BCUT2D eigenvalue weighted by atomic mass is 16.5. The first kappa shape index (κ1) is 21.1. The largest absolute Gasteiger partial charge is 0.451 e. The van der Waals surface area contributed by atoms with Crippen molar-refractivity contribution in [1.29, 1.82) is 0 Å². The number of rotatable bonds is 9. The molecule has 0 aliphatic heterocycles. The summed E-state index contributed by atoms with van der Waals surface area (Å²) >= 11 is 0. The molecule has 0 radical (unpaired) electrons. The van der Waals surface area contributed by atoms with Gasteiger partial charge in [0.25, 0.3) is 5.91 Å². The van der Waals surface area contributed by atoms with Crippen LogP contribution in [0.25, 0.3) is 11.0 Å². The molecule has 0 aliphatic rings. The number of ether oxygens (including phenoxy) is 1. The summed E-state index contributed by atoms with van der Waals surface area (Å²) in [5, 5.41) is 3.95. The lowest BCUT2D eigenvalue weighted by Crippen LogP contribution is -2.39. The molecule has 1 unspecified atom stereocenters. The Hall–Kier alpha value is -2.63. The predicted molar refractivity (Wildman–Crippen MR) is 116 cm³/mol. The lowest BCUT2D eigenvalue weighted by atomic mass is 10.1. The van der Waals surface area contributed by atoms with Crippen molar-refractivity contribution in [3.05, 3.63) is 71.5 Å². The molecule has 1 aromatic heterocycles. The van der Waals surface area contributed by atoms with Crippen molar-refractivity contribution in [2.24, 2.45) is 0 Å². The summed E-state index contributed by atoms with van der Waals surface area (Å²) in [5.74, 6) is 0.133. The van der Waals surface area contributed by atoms with E-state index in [1.54, 1.807) is 0 Å². The summed E-state index contributed by atoms with van der Waals surface area (Å²) in [7, 11) is 2.06. The van der Waals surface area contributed by atoms with Crippen LogP contribution in [0.4, 0.5) is 0 Å². The molecule has 29 heavy (non-hydrogen) atoms. The van der Waals surface area contributed by atoms with Crippen LogP contribution in [0.2, 0.25) is 0 Å². The van der Waals surface area contributed by atoms with Gasteiger partial charge in [-0.2, -0.15) is 0 Å². The molecule has 5 nitrogen and oxygen atoms in total. The van der Waals surface area contributed by atoms with Gasteiger partial charge >= 0.3 is 0 Å². The number of fused-ring (bicyclic) bond motifs is 1. The number of likely N-dealkylation sites (N-methyl/N-ethyl adjacent to an activating group) is 1. The highest BCUT2D eigenvalue weighted by Gasteiger charge is 2.21. The quantitative estimate of drug-likeness (QED) is 0.576. The molecular weight excluding hydrogens is 364 g/mol. The van der Waals surface area contributed by atoms with Crippen LogP contribution < -0.4 is 5.32 Å². The van der Waals surface area contributed by atoms with E-state index in [2.05, 4.69) is 36.3 Å². The van der Waals surface area contributed by atoms with Crippen molar-refractivity contribution in [3.8, 4) is 0 Å². The van der Waals surface area contributed by atoms with E-state index in [-0.39, 0.29) is 18.1 Å². The molecule has 0 saturated heterocycles. The van der Waals surface area contributed by atoms with Crippen molar-refractivity contribution in [2.45, 2.75) is 46.1 Å².